The molecule has 0 spiro atoms. The van der Waals surface area contributed by atoms with E-state index in [-0.39, 0.29) is 5.91 Å². The van der Waals surface area contributed by atoms with Crippen LogP contribution in [0.4, 0.5) is 0 Å². The number of para-hydroxylation sites is 1. The lowest BCUT2D eigenvalue weighted by Gasteiger charge is -2.19. The Morgan fingerprint density at radius 2 is 1.81 bits per heavy atom. The summed E-state index contributed by atoms with van der Waals surface area (Å²) in [6.07, 6.45) is 2.24. The lowest BCUT2D eigenvalue weighted by Crippen LogP contribution is -2.27. The van der Waals surface area contributed by atoms with Crippen LogP contribution >= 0.6 is 0 Å². The molecule has 3 aromatic heterocycles. The number of carbonyl (C=O) groups excluding carboxylic acids is 1. The van der Waals surface area contributed by atoms with Gasteiger partial charge in [-0.1, -0.05) is 18.2 Å². The molecule has 164 valence electrons. The van der Waals surface area contributed by atoms with Crippen molar-refractivity contribution in [2.75, 3.05) is 7.05 Å². The average molecular weight is 429 g/mol. The Labute approximate surface area is 187 Å². The normalized spacial score (nSPS) is 13.7. The van der Waals surface area contributed by atoms with Crippen molar-refractivity contribution in [3.8, 4) is 5.69 Å². The van der Waals surface area contributed by atoms with Crippen LogP contribution in [-0.4, -0.2) is 42.4 Å². The summed E-state index contributed by atoms with van der Waals surface area (Å²) in [5.41, 5.74) is 7.29. The summed E-state index contributed by atoms with van der Waals surface area (Å²) < 4.78 is 3.73. The molecule has 0 unspecified atom stereocenters. The first-order valence-electron chi connectivity index (χ1n) is 11.1. The van der Waals surface area contributed by atoms with Gasteiger partial charge in [-0.05, 0) is 51.8 Å². The summed E-state index contributed by atoms with van der Waals surface area (Å²) in [6, 6.07) is 12.0. The molecule has 4 aromatic rings. The third kappa shape index (κ3) is 3.38. The number of amides is 1. The van der Waals surface area contributed by atoms with Crippen LogP contribution < -0.4 is 0 Å². The fourth-order valence-electron chi connectivity index (χ4n) is 4.38. The van der Waals surface area contributed by atoms with E-state index in [0.29, 0.717) is 18.0 Å². The Morgan fingerprint density at radius 3 is 2.44 bits per heavy atom. The molecule has 32 heavy (non-hydrogen) atoms. The zero-order valence-electron chi connectivity index (χ0n) is 19.3. The number of carbonyl (C=O) groups is 1. The Balaban J connectivity index is 1.61. The molecule has 1 aromatic carbocycles. The van der Waals surface area contributed by atoms with Crippen molar-refractivity contribution in [1.29, 1.82) is 0 Å². The largest absolute Gasteiger partial charge is 0.337 e. The van der Waals surface area contributed by atoms with Gasteiger partial charge >= 0.3 is 0 Å². The minimum atomic E-state index is -0.0161. The number of aromatic nitrogens is 5. The third-order valence-electron chi connectivity index (χ3n) is 6.46. The summed E-state index contributed by atoms with van der Waals surface area (Å²) in [4.78, 5) is 20.5. The van der Waals surface area contributed by atoms with Gasteiger partial charge < -0.3 is 4.90 Å². The molecule has 1 aliphatic carbocycles. The first-order chi connectivity index (χ1) is 15.3. The fourth-order valence-corrected chi connectivity index (χ4v) is 4.38. The minimum Gasteiger partial charge on any atom is -0.337 e. The molecule has 0 N–H and O–H groups in total. The number of pyridine rings is 1. The van der Waals surface area contributed by atoms with Gasteiger partial charge in [0.2, 0.25) is 0 Å². The lowest BCUT2D eigenvalue weighted by molar-refractivity contribution is 0.0786. The van der Waals surface area contributed by atoms with Gasteiger partial charge in [0.05, 0.1) is 28.0 Å². The van der Waals surface area contributed by atoms with Crippen molar-refractivity contribution in [2.45, 2.75) is 46.1 Å². The van der Waals surface area contributed by atoms with Crippen LogP contribution in [0.3, 0.4) is 0 Å². The molecule has 1 amide bonds. The summed E-state index contributed by atoms with van der Waals surface area (Å²) >= 11 is 0. The number of nitrogens with zero attached hydrogens (tertiary/aromatic N) is 6. The molecule has 0 radical (unpaired) electrons. The van der Waals surface area contributed by atoms with Gasteiger partial charge in [0.25, 0.3) is 5.91 Å². The van der Waals surface area contributed by atoms with Crippen LogP contribution in [-0.2, 0) is 13.6 Å². The highest BCUT2D eigenvalue weighted by molar-refractivity contribution is 6.06. The van der Waals surface area contributed by atoms with Gasteiger partial charge in [0, 0.05) is 43.5 Å². The monoisotopic (exact) mass is 428 g/mol. The van der Waals surface area contributed by atoms with E-state index in [1.807, 2.05) is 80.6 Å². The van der Waals surface area contributed by atoms with Crippen molar-refractivity contribution in [1.82, 2.24) is 29.4 Å². The summed E-state index contributed by atoms with van der Waals surface area (Å²) in [5.74, 6) is 0.413. The second-order valence-corrected chi connectivity index (χ2v) is 8.83. The molecule has 7 nitrogen and oxygen atoms in total. The highest BCUT2D eigenvalue weighted by atomic mass is 16.2. The van der Waals surface area contributed by atoms with E-state index in [0.717, 1.165) is 57.9 Å². The lowest BCUT2D eigenvalue weighted by atomic mass is 10.1. The fraction of sp³-hybridized carbons (Fsp3) is 0.360. The van der Waals surface area contributed by atoms with Crippen LogP contribution in [0.2, 0.25) is 0 Å². The summed E-state index contributed by atoms with van der Waals surface area (Å²) in [5, 5.41) is 10.1. The highest BCUT2D eigenvalue weighted by Crippen LogP contribution is 2.41. The quantitative estimate of drug-likeness (QED) is 0.477. The van der Waals surface area contributed by atoms with E-state index in [1.54, 1.807) is 4.90 Å². The van der Waals surface area contributed by atoms with E-state index >= 15 is 0 Å². The van der Waals surface area contributed by atoms with Gasteiger partial charge in [-0.15, -0.1) is 0 Å². The maximum Gasteiger partial charge on any atom is 0.254 e. The summed E-state index contributed by atoms with van der Waals surface area (Å²) in [7, 11) is 3.79. The molecular weight excluding hydrogens is 400 g/mol. The number of aryl methyl sites for hydroxylation is 3. The summed E-state index contributed by atoms with van der Waals surface area (Å²) in [6.45, 7) is 6.49. The smallest absolute Gasteiger partial charge is 0.254 e. The number of hydrogen-bond donors (Lipinski definition) is 0. The number of rotatable bonds is 5. The van der Waals surface area contributed by atoms with Crippen molar-refractivity contribution < 1.29 is 4.79 Å². The second-order valence-electron chi connectivity index (χ2n) is 8.83. The Hall–Kier alpha value is -3.48. The zero-order valence-corrected chi connectivity index (χ0v) is 19.3. The standard InChI is InChI=1S/C25H28N6O/c1-15-21(17(3)30(5)27-15)14-29(4)25(32)20-13-22(18-11-12-18)26-24-23(20)16(2)28-31(24)19-9-7-6-8-10-19/h6-10,13,18H,11-12,14H2,1-5H3. The van der Waals surface area contributed by atoms with Crippen LogP contribution in [0.25, 0.3) is 16.7 Å². The highest BCUT2D eigenvalue weighted by Gasteiger charge is 2.30. The third-order valence-corrected chi connectivity index (χ3v) is 6.46. The molecule has 0 atom stereocenters. The van der Waals surface area contributed by atoms with Crippen LogP contribution in [0.15, 0.2) is 36.4 Å². The van der Waals surface area contributed by atoms with Gasteiger partial charge in [-0.25, -0.2) is 9.67 Å². The van der Waals surface area contributed by atoms with Crippen molar-refractivity contribution in [2.24, 2.45) is 7.05 Å². The average Bonchev–Trinajstić information content (AvgIpc) is 3.55. The van der Waals surface area contributed by atoms with E-state index in [4.69, 9.17) is 10.1 Å². The Bertz CT molecular complexity index is 1330. The van der Waals surface area contributed by atoms with Crippen molar-refractivity contribution >= 4 is 16.9 Å². The first kappa shape index (κ1) is 20.4. The molecule has 1 aliphatic rings. The molecule has 1 saturated carbocycles. The maximum absolute atomic E-state index is 13.7. The topological polar surface area (TPSA) is 68.8 Å². The number of hydrogen-bond acceptors (Lipinski definition) is 4. The van der Waals surface area contributed by atoms with Crippen LogP contribution in [0.1, 0.15) is 57.5 Å². The Kier molecular flexibility index (Phi) is 4.84. The molecular formula is C25H28N6O. The predicted octanol–water partition coefficient (Wildman–Crippen LogP) is 4.23. The molecule has 5 rings (SSSR count). The van der Waals surface area contributed by atoms with E-state index in [2.05, 4.69) is 5.10 Å². The first-order valence-corrected chi connectivity index (χ1v) is 11.1. The molecule has 7 heteroatoms. The Morgan fingerprint density at radius 1 is 1.09 bits per heavy atom. The van der Waals surface area contributed by atoms with Crippen LogP contribution in [0, 0.1) is 20.8 Å². The van der Waals surface area contributed by atoms with E-state index < -0.39 is 0 Å². The molecule has 0 saturated heterocycles. The zero-order chi connectivity index (χ0) is 22.6. The molecule has 1 fully saturated rings. The van der Waals surface area contributed by atoms with Gasteiger partial charge in [0.15, 0.2) is 5.65 Å². The van der Waals surface area contributed by atoms with Gasteiger partial charge in [-0.3, -0.25) is 9.48 Å². The van der Waals surface area contributed by atoms with E-state index in [9.17, 15) is 4.79 Å². The molecule has 0 aliphatic heterocycles. The molecule has 3 heterocycles. The maximum atomic E-state index is 13.7. The van der Waals surface area contributed by atoms with E-state index in [1.165, 1.54) is 0 Å². The van der Waals surface area contributed by atoms with Crippen LogP contribution in [0.5, 0.6) is 0 Å². The van der Waals surface area contributed by atoms with Crippen molar-refractivity contribution in [3.63, 3.8) is 0 Å². The SMILES string of the molecule is Cc1nn(C)c(C)c1CN(C)C(=O)c1cc(C2CC2)nc2c1c(C)nn2-c1ccccc1. The second kappa shape index (κ2) is 7.58. The number of benzene rings is 1. The predicted molar refractivity (Wildman–Crippen MR) is 124 cm³/mol. The van der Waals surface area contributed by atoms with Gasteiger partial charge in [0.1, 0.15) is 0 Å². The number of fused-ring (bicyclic) bond motifs is 1. The minimum absolute atomic E-state index is 0.0161. The van der Waals surface area contributed by atoms with Crippen molar-refractivity contribution in [3.05, 3.63) is 70.3 Å². The molecule has 0 bridgehead atoms. The van der Waals surface area contributed by atoms with Gasteiger partial charge in [-0.2, -0.15) is 10.2 Å².